The largest absolute Gasteiger partial charge is 0.381 e. The molecule has 0 aromatic rings. The van der Waals surface area contributed by atoms with Crippen LogP contribution in [0, 0.1) is 5.92 Å². The fourth-order valence-corrected chi connectivity index (χ4v) is 1.43. The minimum absolute atomic E-state index is 0.725. The fraction of sp³-hybridized carbons (Fsp3) is 0.929. The van der Waals surface area contributed by atoms with E-state index < -0.39 is 0 Å². The van der Waals surface area contributed by atoms with Crippen LogP contribution < -0.4 is 10.6 Å². The molecule has 0 radical (unpaired) electrons. The molecule has 4 nitrogen and oxygen atoms in total. The Kier molecular flexibility index (Phi) is 12.1. The summed E-state index contributed by atoms with van der Waals surface area (Å²) in [7, 11) is 1.81. The minimum atomic E-state index is 0.725. The summed E-state index contributed by atoms with van der Waals surface area (Å²) in [5.74, 6) is 1.62. The Morgan fingerprint density at radius 3 is 2.39 bits per heavy atom. The first-order valence-electron chi connectivity index (χ1n) is 7.23. The molecule has 0 aromatic carbocycles. The molecule has 0 aliphatic rings. The van der Waals surface area contributed by atoms with E-state index in [2.05, 4.69) is 36.4 Å². The molecule has 0 fully saturated rings. The van der Waals surface area contributed by atoms with Crippen molar-refractivity contribution in [3.63, 3.8) is 0 Å². The second-order valence-corrected chi connectivity index (χ2v) is 4.93. The van der Waals surface area contributed by atoms with E-state index in [9.17, 15) is 0 Å². The zero-order valence-electron chi connectivity index (χ0n) is 12.6. The van der Waals surface area contributed by atoms with E-state index >= 15 is 0 Å². The van der Waals surface area contributed by atoms with Gasteiger partial charge in [0.25, 0.3) is 0 Å². The Morgan fingerprint density at radius 2 is 1.78 bits per heavy atom. The summed E-state index contributed by atoms with van der Waals surface area (Å²) in [5, 5.41) is 6.60. The summed E-state index contributed by atoms with van der Waals surface area (Å²) in [6.07, 6.45) is 4.55. The highest BCUT2D eigenvalue weighted by atomic mass is 16.5. The zero-order valence-corrected chi connectivity index (χ0v) is 12.6. The van der Waals surface area contributed by atoms with Crippen molar-refractivity contribution in [3.8, 4) is 0 Å². The quantitative estimate of drug-likeness (QED) is 0.359. The molecule has 0 saturated carbocycles. The predicted octanol–water partition coefficient (Wildman–Crippen LogP) is 2.40. The van der Waals surface area contributed by atoms with E-state index in [1.54, 1.807) is 0 Å². The van der Waals surface area contributed by atoms with Crippen molar-refractivity contribution < 1.29 is 4.74 Å². The number of nitrogens with one attached hydrogen (secondary N) is 2. The van der Waals surface area contributed by atoms with Gasteiger partial charge in [0.2, 0.25) is 0 Å². The molecule has 108 valence electrons. The van der Waals surface area contributed by atoms with Gasteiger partial charge in [0.05, 0.1) is 0 Å². The van der Waals surface area contributed by atoms with Crippen LogP contribution in [-0.4, -0.2) is 39.3 Å². The molecule has 0 aromatic heterocycles. The lowest BCUT2D eigenvalue weighted by Crippen LogP contribution is -2.38. The Balaban J connectivity index is 3.39. The van der Waals surface area contributed by atoms with Gasteiger partial charge in [0.15, 0.2) is 5.96 Å². The first-order chi connectivity index (χ1) is 8.70. The SMILES string of the molecule is CCCCOCCCNC(=NC)NCCC(C)C. The third-order valence-electron chi connectivity index (χ3n) is 2.64. The topological polar surface area (TPSA) is 45.6 Å². The van der Waals surface area contributed by atoms with Crippen molar-refractivity contribution >= 4 is 5.96 Å². The van der Waals surface area contributed by atoms with Crippen LogP contribution in [0.25, 0.3) is 0 Å². The number of hydrogen-bond acceptors (Lipinski definition) is 2. The number of unbranched alkanes of at least 4 members (excludes halogenated alkanes) is 1. The van der Waals surface area contributed by atoms with Crippen molar-refractivity contribution in [1.29, 1.82) is 0 Å². The van der Waals surface area contributed by atoms with Gasteiger partial charge in [-0.1, -0.05) is 27.2 Å². The summed E-state index contributed by atoms with van der Waals surface area (Å²) in [6.45, 7) is 10.2. The smallest absolute Gasteiger partial charge is 0.190 e. The summed E-state index contributed by atoms with van der Waals surface area (Å²) in [6, 6.07) is 0. The second kappa shape index (κ2) is 12.7. The summed E-state index contributed by atoms with van der Waals surface area (Å²) in [4.78, 5) is 4.19. The highest BCUT2D eigenvalue weighted by Crippen LogP contribution is 1.96. The third-order valence-corrected chi connectivity index (χ3v) is 2.64. The van der Waals surface area contributed by atoms with Gasteiger partial charge in [-0.25, -0.2) is 0 Å². The summed E-state index contributed by atoms with van der Waals surface area (Å²) < 4.78 is 5.50. The first kappa shape index (κ1) is 17.2. The third kappa shape index (κ3) is 11.7. The van der Waals surface area contributed by atoms with Crippen LogP contribution in [0.5, 0.6) is 0 Å². The lowest BCUT2D eigenvalue weighted by atomic mass is 10.1. The van der Waals surface area contributed by atoms with Crippen LogP contribution in [-0.2, 0) is 4.74 Å². The van der Waals surface area contributed by atoms with Crippen molar-refractivity contribution in [2.75, 3.05) is 33.4 Å². The van der Waals surface area contributed by atoms with Gasteiger partial charge in [-0.2, -0.15) is 0 Å². The molecular weight excluding hydrogens is 226 g/mol. The number of rotatable bonds is 10. The monoisotopic (exact) mass is 257 g/mol. The summed E-state index contributed by atoms with van der Waals surface area (Å²) >= 11 is 0. The van der Waals surface area contributed by atoms with E-state index in [1.165, 1.54) is 12.8 Å². The molecule has 2 N–H and O–H groups in total. The van der Waals surface area contributed by atoms with Gasteiger partial charge >= 0.3 is 0 Å². The number of ether oxygens (including phenoxy) is 1. The van der Waals surface area contributed by atoms with Crippen LogP contribution >= 0.6 is 0 Å². The fourth-order valence-electron chi connectivity index (χ4n) is 1.43. The van der Waals surface area contributed by atoms with Crippen molar-refractivity contribution in [1.82, 2.24) is 10.6 Å². The summed E-state index contributed by atoms with van der Waals surface area (Å²) in [5.41, 5.74) is 0. The second-order valence-electron chi connectivity index (χ2n) is 4.93. The number of aliphatic imine (C=N–C) groups is 1. The van der Waals surface area contributed by atoms with Crippen LogP contribution in [0.15, 0.2) is 4.99 Å². The molecule has 0 rings (SSSR count). The molecule has 0 saturated heterocycles. The molecular formula is C14H31N3O. The lowest BCUT2D eigenvalue weighted by Gasteiger charge is -2.12. The molecule has 0 aliphatic heterocycles. The van der Waals surface area contributed by atoms with Crippen molar-refractivity contribution in [2.24, 2.45) is 10.9 Å². The highest BCUT2D eigenvalue weighted by molar-refractivity contribution is 5.79. The molecule has 0 amide bonds. The van der Waals surface area contributed by atoms with Gasteiger partial charge in [-0.05, 0) is 25.2 Å². The van der Waals surface area contributed by atoms with E-state index in [1.807, 2.05) is 7.05 Å². The molecule has 0 aliphatic carbocycles. The van der Waals surface area contributed by atoms with E-state index in [-0.39, 0.29) is 0 Å². The predicted molar refractivity (Wildman–Crippen MR) is 79.2 cm³/mol. The standard InChI is InChI=1S/C14H31N3O/c1-5-6-11-18-12-7-9-16-14(15-4)17-10-8-13(2)3/h13H,5-12H2,1-4H3,(H2,15,16,17). The van der Waals surface area contributed by atoms with Gasteiger partial charge in [0, 0.05) is 33.4 Å². The van der Waals surface area contributed by atoms with Crippen LogP contribution in [0.2, 0.25) is 0 Å². The maximum absolute atomic E-state index is 5.50. The molecule has 0 heterocycles. The van der Waals surface area contributed by atoms with E-state index in [4.69, 9.17) is 4.74 Å². The van der Waals surface area contributed by atoms with Gasteiger partial charge in [-0.3, -0.25) is 4.99 Å². The number of nitrogens with zero attached hydrogens (tertiary/aromatic N) is 1. The molecule has 18 heavy (non-hydrogen) atoms. The van der Waals surface area contributed by atoms with Crippen LogP contribution in [0.3, 0.4) is 0 Å². The average molecular weight is 257 g/mol. The van der Waals surface area contributed by atoms with E-state index in [0.717, 1.165) is 51.0 Å². The van der Waals surface area contributed by atoms with Crippen molar-refractivity contribution in [3.05, 3.63) is 0 Å². The van der Waals surface area contributed by atoms with Crippen molar-refractivity contribution in [2.45, 2.75) is 46.5 Å². The lowest BCUT2D eigenvalue weighted by molar-refractivity contribution is 0.129. The molecule has 4 heteroatoms. The maximum atomic E-state index is 5.50. The zero-order chi connectivity index (χ0) is 13.6. The Morgan fingerprint density at radius 1 is 1.11 bits per heavy atom. The van der Waals surface area contributed by atoms with Gasteiger partial charge in [-0.15, -0.1) is 0 Å². The highest BCUT2D eigenvalue weighted by Gasteiger charge is 1.98. The minimum Gasteiger partial charge on any atom is -0.381 e. The Labute approximate surface area is 113 Å². The maximum Gasteiger partial charge on any atom is 0.190 e. The van der Waals surface area contributed by atoms with Crippen LogP contribution in [0.4, 0.5) is 0 Å². The molecule has 0 spiro atoms. The van der Waals surface area contributed by atoms with Crippen LogP contribution in [0.1, 0.15) is 46.5 Å². The molecule has 0 bridgehead atoms. The van der Waals surface area contributed by atoms with Gasteiger partial charge < -0.3 is 15.4 Å². The Hall–Kier alpha value is -0.770. The normalized spacial score (nSPS) is 11.9. The Bertz CT molecular complexity index is 205. The number of hydrogen-bond donors (Lipinski definition) is 2. The van der Waals surface area contributed by atoms with E-state index in [0.29, 0.717) is 0 Å². The van der Waals surface area contributed by atoms with Gasteiger partial charge in [0.1, 0.15) is 0 Å². The average Bonchev–Trinajstić information content (AvgIpc) is 2.35. The number of guanidine groups is 1. The first-order valence-corrected chi connectivity index (χ1v) is 7.23. The molecule has 0 unspecified atom stereocenters. The molecule has 0 atom stereocenters.